The van der Waals surface area contributed by atoms with Gasteiger partial charge in [0.25, 0.3) is 0 Å². The van der Waals surface area contributed by atoms with Crippen molar-refractivity contribution in [3.63, 3.8) is 0 Å². The number of rotatable bonds is 5. The van der Waals surface area contributed by atoms with Crippen molar-refractivity contribution in [3.8, 4) is 0 Å². The van der Waals surface area contributed by atoms with E-state index in [0.717, 1.165) is 19.6 Å². The van der Waals surface area contributed by atoms with Crippen LogP contribution in [0.25, 0.3) is 0 Å². The summed E-state index contributed by atoms with van der Waals surface area (Å²) >= 11 is 0. The minimum Gasteiger partial charge on any atom is -0.380 e. The Bertz CT molecular complexity index is 330. The molecule has 18 heavy (non-hydrogen) atoms. The lowest BCUT2D eigenvalue weighted by Gasteiger charge is -2.35. The highest BCUT2D eigenvalue weighted by molar-refractivity contribution is 5.14. The van der Waals surface area contributed by atoms with E-state index in [4.69, 9.17) is 10.5 Å². The van der Waals surface area contributed by atoms with E-state index in [2.05, 4.69) is 35.2 Å². The van der Waals surface area contributed by atoms with Crippen molar-refractivity contribution in [2.45, 2.75) is 25.5 Å². The molecule has 3 nitrogen and oxygen atoms in total. The topological polar surface area (TPSA) is 38.5 Å². The summed E-state index contributed by atoms with van der Waals surface area (Å²) in [4.78, 5) is 2.52. The fourth-order valence-electron chi connectivity index (χ4n) is 2.81. The maximum Gasteiger partial charge on any atom is 0.0722 e. The molecule has 0 spiro atoms. The molecule has 1 aromatic carbocycles. The van der Waals surface area contributed by atoms with Crippen LogP contribution in [0.3, 0.4) is 0 Å². The molecule has 0 bridgehead atoms. The van der Waals surface area contributed by atoms with Crippen LogP contribution in [0.4, 0.5) is 0 Å². The molecule has 1 atom stereocenters. The van der Waals surface area contributed by atoms with E-state index >= 15 is 0 Å². The van der Waals surface area contributed by atoms with Gasteiger partial charge in [0.05, 0.1) is 6.10 Å². The maximum absolute atomic E-state index is 5.73. The fourth-order valence-corrected chi connectivity index (χ4v) is 2.81. The molecule has 2 N–H and O–H groups in total. The molecule has 1 saturated heterocycles. The first-order valence-corrected chi connectivity index (χ1v) is 6.82. The summed E-state index contributed by atoms with van der Waals surface area (Å²) in [5.41, 5.74) is 7.13. The van der Waals surface area contributed by atoms with Gasteiger partial charge in [0.15, 0.2) is 0 Å². The molecule has 0 saturated carbocycles. The molecule has 2 rings (SSSR count). The van der Waals surface area contributed by atoms with Gasteiger partial charge >= 0.3 is 0 Å². The number of nitrogens with two attached hydrogens (primary N) is 1. The Balaban J connectivity index is 1.80. The lowest BCUT2D eigenvalue weighted by Crippen LogP contribution is -2.40. The van der Waals surface area contributed by atoms with Gasteiger partial charge in [0.1, 0.15) is 0 Å². The van der Waals surface area contributed by atoms with Crippen molar-refractivity contribution >= 4 is 0 Å². The zero-order chi connectivity index (χ0) is 12.8. The molecule has 1 aliphatic heterocycles. The molecule has 0 aromatic heterocycles. The number of ether oxygens (including phenoxy) is 1. The quantitative estimate of drug-likeness (QED) is 0.864. The molecule has 1 heterocycles. The first-order valence-electron chi connectivity index (χ1n) is 6.82. The predicted molar refractivity (Wildman–Crippen MR) is 74.3 cm³/mol. The Labute approximate surface area is 110 Å². The van der Waals surface area contributed by atoms with Crippen LogP contribution in [-0.4, -0.2) is 37.7 Å². The third-order valence-electron chi connectivity index (χ3n) is 3.94. The van der Waals surface area contributed by atoms with E-state index in [-0.39, 0.29) is 6.10 Å². The van der Waals surface area contributed by atoms with Gasteiger partial charge in [-0.15, -0.1) is 0 Å². The van der Waals surface area contributed by atoms with Crippen LogP contribution in [0.15, 0.2) is 30.3 Å². The van der Waals surface area contributed by atoms with Gasteiger partial charge < -0.3 is 10.5 Å². The molecule has 0 aliphatic carbocycles. The number of nitrogens with zero attached hydrogens (tertiary/aromatic N) is 1. The molecule has 100 valence electrons. The molecule has 3 heteroatoms. The molecule has 0 radical (unpaired) electrons. The van der Waals surface area contributed by atoms with E-state index in [9.17, 15) is 0 Å². The monoisotopic (exact) mass is 248 g/mol. The number of hydrogen-bond acceptors (Lipinski definition) is 3. The number of benzene rings is 1. The number of methoxy groups -OCH3 is 1. The van der Waals surface area contributed by atoms with Crippen molar-refractivity contribution in [1.82, 2.24) is 4.90 Å². The second-order valence-corrected chi connectivity index (χ2v) is 5.11. The highest BCUT2D eigenvalue weighted by Gasteiger charge is 2.25. The summed E-state index contributed by atoms with van der Waals surface area (Å²) in [7, 11) is 1.77. The van der Waals surface area contributed by atoms with E-state index in [1.54, 1.807) is 7.11 Å². The predicted octanol–water partition coefficient (Wildman–Crippen LogP) is 1.87. The van der Waals surface area contributed by atoms with Gasteiger partial charge in [0, 0.05) is 20.2 Å². The Morgan fingerprint density at radius 3 is 2.50 bits per heavy atom. The highest BCUT2D eigenvalue weighted by atomic mass is 16.5. The Hall–Kier alpha value is -0.900. The van der Waals surface area contributed by atoms with Crippen molar-refractivity contribution in [2.24, 2.45) is 11.7 Å². The Morgan fingerprint density at radius 1 is 1.28 bits per heavy atom. The summed E-state index contributed by atoms with van der Waals surface area (Å²) in [5.74, 6) is 0.632. The van der Waals surface area contributed by atoms with Gasteiger partial charge in [-0.3, -0.25) is 4.90 Å². The first-order chi connectivity index (χ1) is 8.83. The van der Waals surface area contributed by atoms with Crippen LogP contribution in [0.1, 0.15) is 18.4 Å². The van der Waals surface area contributed by atoms with Gasteiger partial charge in [0.2, 0.25) is 0 Å². The molecular weight excluding hydrogens is 224 g/mol. The molecule has 0 amide bonds. The van der Waals surface area contributed by atoms with Crippen LogP contribution in [0.2, 0.25) is 0 Å². The van der Waals surface area contributed by atoms with Crippen LogP contribution in [0.5, 0.6) is 0 Å². The van der Waals surface area contributed by atoms with E-state index in [0.29, 0.717) is 12.5 Å². The zero-order valence-electron chi connectivity index (χ0n) is 11.2. The van der Waals surface area contributed by atoms with Gasteiger partial charge in [-0.2, -0.15) is 0 Å². The SMILES string of the molecule is COC(CN)C1CCN(Cc2ccccc2)CC1. The van der Waals surface area contributed by atoms with E-state index in [1.165, 1.54) is 18.4 Å². The van der Waals surface area contributed by atoms with E-state index < -0.39 is 0 Å². The van der Waals surface area contributed by atoms with Gasteiger partial charge in [-0.1, -0.05) is 30.3 Å². The largest absolute Gasteiger partial charge is 0.380 e. The second-order valence-electron chi connectivity index (χ2n) is 5.11. The summed E-state index contributed by atoms with van der Waals surface area (Å²) in [6.07, 6.45) is 2.63. The van der Waals surface area contributed by atoms with Crippen molar-refractivity contribution in [1.29, 1.82) is 0 Å². The number of piperidine rings is 1. The Kier molecular flexibility index (Phi) is 5.17. The highest BCUT2D eigenvalue weighted by Crippen LogP contribution is 2.23. The summed E-state index contributed by atoms with van der Waals surface area (Å²) < 4.78 is 5.45. The fraction of sp³-hybridized carbons (Fsp3) is 0.600. The number of hydrogen-bond donors (Lipinski definition) is 1. The third kappa shape index (κ3) is 3.55. The van der Waals surface area contributed by atoms with Crippen molar-refractivity contribution in [3.05, 3.63) is 35.9 Å². The minimum atomic E-state index is 0.240. The summed E-state index contributed by atoms with van der Waals surface area (Å²) in [5, 5.41) is 0. The molecular formula is C15H24N2O. The lowest BCUT2D eigenvalue weighted by molar-refractivity contribution is 0.0261. The number of likely N-dealkylation sites (tertiary alicyclic amines) is 1. The second kappa shape index (κ2) is 6.88. The van der Waals surface area contributed by atoms with E-state index in [1.807, 2.05) is 0 Å². The van der Waals surface area contributed by atoms with Crippen molar-refractivity contribution < 1.29 is 4.74 Å². The smallest absolute Gasteiger partial charge is 0.0722 e. The summed E-state index contributed by atoms with van der Waals surface area (Å²) in [6, 6.07) is 10.7. The lowest BCUT2D eigenvalue weighted by atomic mass is 9.91. The average Bonchev–Trinajstić information content (AvgIpc) is 2.43. The Morgan fingerprint density at radius 2 is 1.94 bits per heavy atom. The molecule has 1 aromatic rings. The van der Waals surface area contributed by atoms with Crippen LogP contribution in [0, 0.1) is 5.92 Å². The summed E-state index contributed by atoms with van der Waals surface area (Å²) in [6.45, 7) is 4.01. The van der Waals surface area contributed by atoms with Crippen LogP contribution in [-0.2, 0) is 11.3 Å². The maximum atomic E-state index is 5.73. The van der Waals surface area contributed by atoms with Gasteiger partial charge in [-0.25, -0.2) is 0 Å². The van der Waals surface area contributed by atoms with Gasteiger partial charge in [-0.05, 0) is 37.4 Å². The average molecular weight is 248 g/mol. The minimum absolute atomic E-state index is 0.240. The standard InChI is InChI=1S/C15H24N2O/c1-18-15(11-16)14-7-9-17(10-8-14)12-13-5-3-2-4-6-13/h2-6,14-15H,7-12,16H2,1H3. The molecule has 1 fully saturated rings. The normalized spacial score (nSPS) is 19.9. The molecule has 1 unspecified atom stereocenters. The molecule has 1 aliphatic rings. The van der Waals surface area contributed by atoms with Crippen LogP contribution >= 0.6 is 0 Å². The van der Waals surface area contributed by atoms with Crippen molar-refractivity contribution in [2.75, 3.05) is 26.7 Å². The van der Waals surface area contributed by atoms with Crippen LogP contribution < -0.4 is 5.73 Å². The first kappa shape index (κ1) is 13.5. The zero-order valence-corrected chi connectivity index (χ0v) is 11.2. The third-order valence-corrected chi connectivity index (χ3v) is 3.94.